The molecule has 0 radical (unpaired) electrons. The lowest BCUT2D eigenvalue weighted by atomic mass is 10.1. The maximum atomic E-state index is 12.6. The Hall–Kier alpha value is -2.39. The van der Waals surface area contributed by atoms with Crippen LogP contribution < -0.4 is 9.47 Å². The van der Waals surface area contributed by atoms with Crippen LogP contribution in [0.2, 0.25) is 0 Å². The first kappa shape index (κ1) is 18.0. The Balaban J connectivity index is 1.37. The summed E-state index contributed by atoms with van der Waals surface area (Å²) in [5, 5.41) is 14.5. The van der Waals surface area contributed by atoms with E-state index in [9.17, 15) is 4.79 Å². The second-order valence-corrected chi connectivity index (χ2v) is 7.91. The molecule has 3 heterocycles. The molecule has 27 heavy (non-hydrogen) atoms. The highest BCUT2D eigenvalue weighted by Gasteiger charge is 2.16. The van der Waals surface area contributed by atoms with Crippen molar-refractivity contribution in [3.8, 4) is 11.5 Å². The van der Waals surface area contributed by atoms with Gasteiger partial charge in [0.1, 0.15) is 0 Å². The molecule has 0 aliphatic carbocycles. The van der Waals surface area contributed by atoms with Gasteiger partial charge in [0.25, 0.3) is 0 Å². The number of benzene rings is 1. The molecule has 0 bridgehead atoms. The zero-order valence-corrected chi connectivity index (χ0v) is 16.2. The number of fused-ring (bicyclic) bond motifs is 1. The number of carbonyl (C=O) groups is 1. The molecular formula is C18H18N4O3S2. The largest absolute Gasteiger partial charge is 0.490 e. The number of thioether (sulfide) groups is 1. The molecule has 9 heteroatoms. The maximum Gasteiger partial charge on any atom is 0.209 e. The molecule has 4 rings (SSSR count). The van der Waals surface area contributed by atoms with E-state index in [0.29, 0.717) is 42.0 Å². The number of thiophene rings is 1. The molecule has 1 aromatic carbocycles. The van der Waals surface area contributed by atoms with Crippen LogP contribution in [0.3, 0.4) is 0 Å². The van der Waals surface area contributed by atoms with Gasteiger partial charge in [-0.05, 0) is 40.1 Å². The van der Waals surface area contributed by atoms with Gasteiger partial charge in [-0.3, -0.25) is 4.79 Å². The number of rotatable bonds is 7. The van der Waals surface area contributed by atoms with E-state index in [2.05, 4.69) is 27.0 Å². The monoisotopic (exact) mass is 402 g/mol. The quantitative estimate of drug-likeness (QED) is 0.444. The van der Waals surface area contributed by atoms with Gasteiger partial charge >= 0.3 is 0 Å². The van der Waals surface area contributed by atoms with Crippen LogP contribution in [0.1, 0.15) is 21.7 Å². The highest BCUT2D eigenvalue weighted by molar-refractivity contribution is 7.99. The summed E-state index contributed by atoms with van der Waals surface area (Å²) in [5.41, 5.74) is 0.601. The van der Waals surface area contributed by atoms with Crippen molar-refractivity contribution in [1.82, 2.24) is 20.2 Å². The van der Waals surface area contributed by atoms with Crippen LogP contribution >= 0.6 is 23.1 Å². The van der Waals surface area contributed by atoms with E-state index in [1.54, 1.807) is 34.2 Å². The third kappa shape index (κ3) is 4.48. The van der Waals surface area contributed by atoms with Crippen molar-refractivity contribution >= 4 is 28.9 Å². The molecule has 0 unspecified atom stereocenters. The van der Waals surface area contributed by atoms with Gasteiger partial charge in [-0.2, -0.15) is 0 Å². The number of nitrogens with zero attached hydrogens (tertiary/aromatic N) is 4. The van der Waals surface area contributed by atoms with Crippen LogP contribution in [0.25, 0.3) is 0 Å². The highest BCUT2D eigenvalue weighted by Crippen LogP contribution is 2.31. The van der Waals surface area contributed by atoms with Crippen molar-refractivity contribution in [3.05, 3.63) is 46.2 Å². The van der Waals surface area contributed by atoms with Crippen molar-refractivity contribution in [2.75, 3.05) is 19.0 Å². The van der Waals surface area contributed by atoms with E-state index in [1.807, 2.05) is 6.07 Å². The number of Topliss-reactive ketones (excluding diaryl/α,β-unsaturated/α-hetero) is 1. The standard InChI is InChI=1S/C18H18N4O3S2/c23-15(13-4-5-16-17(11-13)25-9-2-8-24-16)12-27-18-19-20-21-22(18)7-6-14-3-1-10-26-14/h1,3-5,10-11H,2,6-9,12H2. The van der Waals surface area contributed by atoms with Gasteiger partial charge in [0.15, 0.2) is 17.3 Å². The number of hydrogen-bond acceptors (Lipinski definition) is 8. The van der Waals surface area contributed by atoms with E-state index in [1.165, 1.54) is 16.6 Å². The van der Waals surface area contributed by atoms with Crippen LogP contribution in [-0.4, -0.2) is 45.0 Å². The van der Waals surface area contributed by atoms with Crippen LogP contribution in [-0.2, 0) is 13.0 Å². The molecule has 140 valence electrons. The fraction of sp³-hybridized carbons (Fsp3) is 0.333. The van der Waals surface area contributed by atoms with E-state index < -0.39 is 0 Å². The van der Waals surface area contributed by atoms with Crippen molar-refractivity contribution < 1.29 is 14.3 Å². The maximum absolute atomic E-state index is 12.6. The van der Waals surface area contributed by atoms with Gasteiger partial charge in [-0.25, -0.2) is 4.68 Å². The fourth-order valence-electron chi connectivity index (χ4n) is 2.66. The zero-order chi connectivity index (χ0) is 18.5. The summed E-state index contributed by atoms with van der Waals surface area (Å²) < 4.78 is 13.0. The molecule has 1 aliphatic rings. The summed E-state index contributed by atoms with van der Waals surface area (Å²) in [6, 6.07) is 9.45. The number of aryl methyl sites for hydroxylation is 2. The van der Waals surface area contributed by atoms with Gasteiger partial charge in [-0.1, -0.05) is 17.8 Å². The topological polar surface area (TPSA) is 79.1 Å². The first-order chi connectivity index (χ1) is 13.3. The van der Waals surface area contributed by atoms with Crippen molar-refractivity contribution in [2.45, 2.75) is 24.5 Å². The lowest BCUT2D eigenvalue weighted by molar-refractivity contribution is 0.102. The molecule has 0 N–H and O–H groups in total. The molecule has 0 amide bonds. The predicted octanol–water partition coefficient (Wildman–Crippen LogP) is 3.11. The van der Waals surface area contributed by atoms with E-state index in [-0.39, 0.29) is 11.5 Å². The number of ether oxygens (including phenoxy) is 2. The molecule has 0 fully saturated rings. The predicted molar refractivity (Wildman–Crippen MR) is 103 cm³/mol. The van der Waals surface area contributed by atoms with Gasteiger partial charge in [0.2, 0.25) is 5.16 Å². The molecule has 7 nitrogen and oxygen atoms in total. The molecule has 0 saturated heterocycles. The lowest BCUT2D eigenvalue weighted by Gasteiger charge is -2.08. The number of hydrogen-bond donors (Lipinski definition) is 0. The first-order valence-electron chi connectivity index (χ1n) is 8.64. The van der Waals surface area contributed by atoms with E-state index in [4.69, 9.17) is 9.47 Å². The second kappa shape index (κ2) is 8.53. The Morgan fingerprint density at radius 1 is 1.22 bits per heavy atom. The Morgan fingerprint density at radius 2 is 2.11 bits per heavy atom. The zero-order valence-electron chi connectivity index (χ0n) is 14.5. The average molecular weight is 403 g/mol. The third-order valence-corrected chi connectivity index (χ3v) is 5.94. The first-order valence-corrected chi connectivity index (χ1v) is 10.5. The summed E-state index contributed by atoms with van der Waals surface area (Å²) in [6.45, 7) is 1.91. The molecule has 1 aliphatic heterocycles. The van der Waals surface area contributed by atoms with E-state index in [0.717, 1.165) is 12.8 Å². The summed E-state index contributed by atoms with van der Waals surface area (Å²) in [6.07, 6.45) is 1.70. The van der Waals surface area contributed by atoms with Crippen molar-refractivity contribution in [2.24, 2.45) is 0 Å². The van der Waals surface area contributed by atoms with Gasteiger partial charge < -0.3 is 9.47 Å². The summed E-state index contributed by atoms with van der Waals surface area (Å²) in [7, 11) is 0. The summed E-state index contributed by atoms with van der Waals surface area (Å²) in [4.78, 5) is 13.9. The normalized spacial score (nSPS) is 13.3. The molecule has 2 aromatic heterocycles. The number of tetrazole rings is 1. The van der Waals surface area contributed by atoms with Crippen molar-refractivity contribution in [1.29, 1.82) is 0 Å². The third-order valence-electron chi connectivity index (χ3n) is 4.05. The molecule has 3 aromatic rings. The minimum Gasteiger partial charge on any atom is -0.490 e. The van der Waals surface area contributed by atoms with Crippen LogP contribution in [0.5, 0.6) is 11.5 Å². The summed E-state index contributed by atoms with van der Waals surface area (Å²) >= 11 is 3.06. The van der Waals surface area contributed by atoms with Crippen LogP contribution in [0.4, 0.5) is 0 Å². The van der Waals surface area contributed by atoms with E-state index >= 15 is 0 Å². The van der Waals surface area contributed by atoms with Gasteiger partial charge in [-0.15, -0.1) is 16.4 Å². The fourth-order valence-corrected chi connectivity index (χ4v) is 4.16. The molecular weight excluding hydrogens is 384 g/mol. The van der Waals surface area contributed by atoms with Gasteiger partial charge in [0.05, 0.1) is 25.5 Å². The Morgan fingerprint density at radius 3 is 2.96 bits per heavy atom. The Bertz CT molecular complexity index is 911. The minimum absolute atomic E-state index is 0.00320. The second-order valence-electron chi connectivity index (χ2n) is 5.94. The molecule has 0 atom stereocenters. The Labute approximate surface area is 164 Å². The number of aromatic nitrogens is 4. The Kier molecular flexibility index (Phi) is 5.69. The lowest BCUT2D eigenvalue weighted by Crippen LogP contribution is -2.07. The van der Waals surface area contributed by atoms with Crippen LogP contribution in [0.15, 0.2) is 40.9 Å². The van der Waals surface area contributed by atoms with Gasteiger partial charge in [0, 0.05) is 23.3 Å². The van der Waals surface area contributed by atoms with Crippen LogP contribution in [0, 0.1) is 0 Å². The smallest absolute Gasteiger partial charge is 0.209 e. The minimum atomic E-state index is 0.00320. The molecule has 0 spiro atoms. The summed E-state index contributed by atoms with van der Waals surface area (Å²) in [5.74, 6) is 1.58. The SMILES string of the molecule is O=C(CSc1nnnn1CCc1cccs1)c1ccc2c(c1)OCCCO2. The molecule has 0 saturated carbocycles. The number of ketones is 1. The number of carbonyl (C=O) groups excluding carboxylic acids is 1. The highest BCUT2D eigenvalue weighted by atomic mass is 32.2. The van der Waals surface area contributed by atoms with Crippen molar-refractivity contribution in [3.63, 3.8) is 0 Å². The average Bonchev–Trinajstić information content (AvgIpc) is 3.31.